The molecule has 0 bridgehead atoms. The molecule has 0 aliphatic carbocycles. The van der Waals surface area contributed by atoms with Gasteiger partial charge >= 0.3 is 0 Å². The molecule has 0 aromatic heterocycles. The first-order valence-corrected chi connectivity index (χ1v) is 5.92. The van der Waals surface area contributed by atoms with Crippen molar-refractivity contribution in [3.8, 4) is 0 Å². The Hall–Kier alpha value is -0.570. The van der Waals surface area contributed by atoms with Crippen LogP contribution >= 0.6 is 0 Å². The van der Waals surface area contributed by atoms with E-state index in [-0.39, 0.29) is 17.4 Å². The molecule has 0 fully saturated rings. The number of hydrogen-bond donors (Lipinski definition) is 2. The summed E-state index contributed by atoms with van der Waals surface area (Å²) in [6.45, 7) is 10.8. The fourth-order valence-electron chi connectivity index (χ4n) is 1.50. The molecule has 0 rings (SSSR count). The summed E-state index contributed by atoms with van der Waals surface area (Å²) < 4.78 is 0. The maximum atomic E-state index is 12.0. The molecule has 0 heterocycles. The van der Waals surface area contributed by atoms with Gasteiger partial charge in [0.2, 0.25) is 5.91 Å². The summed E-state index contributed by atoms with van der Waals surface area (Å²) >= 11 is 0. The van der Waals surface area contributed by atoms with Crippen LogP contribution in [0.4, 0.5) is 0 Å². The second kappa shape index (κ2) is 6.11. The van der Waals surface area contributed by atoms with E-state index in [0.717, 1.165) is 12.8 Å². The smallest absolute Gasteiger partial charge is 0.225 e. The van der Waals surface area contributed by atoms with Crippen LogP contribution in [0.5, 0.6) is 0 Å². The Kier molecular flexibility index (Phi) is 5.88. The highest BCUT2D eigenvalue weighted by atomic mass is 16.2. The first-order valence-electron chi connectivity index (χ1n) is 5.92. The van der Waals surface area contributed by atoms with Crippen LogP contribution in [-0.4, -0.2) is 18.0 Å². The van der Waals surface area contributed by atoms with Gasteiger partial charge in [0.25, 0.3) is 0 Å². The zero-order chi connectivity index (χ0) is 12.1. The van der Waals surface area contributed by atoms with E-state index < -0.39 is 0 Å². The Morgan fingerprint density at radius 1 is 1.33 bits per heavy atom. The first-order chi connectivity index (χ1) is 6.90. The van der Waals surface area contributed by atoms with Gasteiger partial charge in [-0.15, -0.1) is 0 Å². The molecule has 3 N–H and O–H groups in total. The van der Waals surface area contributed by atoms with Crippen molar-refractivity contribution in [2.75, 3.05) is 6.54 Å². The van der Waals surface area contributed by atoms with E-state index in [4.69, 9.17) is 5.73 Å². The molecule has 90 valence electrons. The minimum absolute atomic E-state index is 0.0672. The molecule has 1 unspecified atom stereocenters. The van der Waals surface area contributed by atoms with Crippen molar-refractivity contribution >= 4 is 5.91 Å². The average Bonchev–Trinajstić information content (AvgIpc) is 2.18. The van der Waals surface area contributed by atoms with Gasteiger partial charge in [0, 0.05) is 12.1 Å². The van der Waals surface area contributed by atoms with Crippen LogP contribution in [0, 0.1) is 11.8 Å². The number of rotatable bonds is 6. The predicted octanol–water partition coefficient (Wildman–Crippen LogP) is 1.91. The van der Waals surface area contributed by atoms with Crippen LogP contribution in [-0.2, 0) is 4.79 Å². The third-order valence-electron chi connectivity index (χ3n) is 3.38. The first kappa shape index (κ1) is 14.4. The standard InChI is InChI=1S/C12H26N2O/c1-6-12(5,7-2)14-11(15)10(8-13)9(3)4/h9-10H,6-8,13H2,1-5H3,(H,14,15). The molecular formula is C12H26N2O. The molecule has 0 aromatic carbocycles. The van der Waals surface area contributed by atoms with Gasteiger partial charge in [0.05, 0.1) is 5.92 Å². The van der Waals surface area contributed by atoms with Gasteiger partial charge in [-0.25, -0.2) is 0 Å². The lowest BCUT2D eigenvalue weighted by molar-refractivity contribution is -0.127. The summed E-state index contributed by atoms with van der Waals surface area (Å²) in [7, 11) is 0. The van der Waals surface area contributed by atoms with Gasteiger partial charge in [-0.2, -0.15) is 0 Å². The highest BCUT2D eigenvalue weighted by Crippen LogP contribution is 2.16. The van der Waals surface area contributed by atoms with E-state index >= 15 is 0 Å². The number of nitrogens with two attached hydrogens (primary N) is 1. The molecule has 0 spiro atoms. The summed E-state index contributed by atoms with van der Waals surface area (Å²) in [5.41, 5.74) is 5.53. The van der Waals surface area contributed by atoms with Crippen molar-refractivity contribution in [1.82, 2.24) is 5.32 Å². The summed E-state index contributed by atoms with van der Waals surface area (Å²) in [6.07, 6.45) is 1.90. The Labute approximate surface area is 93.8 Å². The van der Waals surface area contributed by atoms with Crippen LogP contribution < -0.4 is 11.1 Å². The van der Waals surface area contributed by atoms with Crippen LogP contribution in [0.15, 0.2) is 0 Å². The zero-order valence-corrected chi connectivity index (χ0v) is 10.8. The molecule has 15 heavy (non-hydrogen) atoms. The predicted molar refractivity (Wildman–Crippen MR) is 64.5 cm³/mol. The van der Waals surface area contributed by atoms with Crippen molar-refractivity contribution < 1.29 is 4.79 Å². The van der Waals surface area contributed by atoms with Gasteiger partial charge in [0.15, 0.2) is 0 Å². The largest absolute Gasteiger partial charge is 0.351 e. The number of carbonyl (C=O) groups is 1. The Bertz CT molecular complexity index is 198. The topological polar surface area (TPSA) is 55.1 Å². The maximum absolute atomic E-state index is 12.0. The normalized spacial score (nSPS) is 14.1. The second-order valence-corrected chi connectivity index (χ2v) is 4.84. The fraction of sp³-hybridized carbons (Fsp3) is 0.917. The van der Waals surface area contributed by atoms with Gasteiger partial charge in [-0.3, -0.25) is 4.79 Å². The van der Waals surface area contributed by atoms with Gasteiger partial charge in [0.1, 0.15) is 0 Å². The molecule has 0 aliphatic heterocycles. The third kappa shape index (κ3) is 4.20. The van der Waals surface area contributed by atoms with E-state index in [2.05, 4.69) is 26.1 Å². The minimum Gasteiger partial charge on any atom is -0.351 e. The van der Waals surface area contributed by atoms with Crippen molar-refractivity contribution in [3.63, 3.8) is 0 Å². The second-order valence-electron chi connectivity index (χ2n) is 4.84. The summed E-state index contributed by atoms with van der Waals surface area (Å²) in [5.74, 6) is 0.328. The molecule has 1 amide bonds. The molecule has 0 aromatic rings. The molecule has 1 atom stereocenters. The lowest BCUT2D eigenvalue weighted by Gasteiger charge is -2.31. The third-order valence-corrected chi connectivity index (χ3v) is 3.38. The summed E-state index contributed by atoms with van der Waals surface area (Å²) in [5, 5.41) is 3.11. The molecule has 0 radical (unpaired) electrons. The van der Waals surface area contributed by atoms with Crippen LogP contribution in [0.1, 0.15) is 47.5 Å². The van der Waals surface area contributed by atoms with Gasteiger partial charge < -0.3 is 11.1 Å². The molecule has 0 saturated carbocycles. The molecule has 0 aliphatic rings. The van der Waals surface area contributed by atoms with Crippen LogP contribution in [0.25, 0.3) is 0 Å². The zero-order valence-electron chi connectivity index (χ0n) is 10.8. The fourth-order valence-corrected chi connectivity index (χ4v) is 1.50. The van der Waals surface area contributed by atoms with Crippen LogP contribution in [0.3, 0.4) is 0 Å². The van der Waals surface area contributed by atoms with E-state index in [9.17, 15) is 4.79 Å². The van der Waals surface area contributed by atoms with Crippen LogP contribution in [0.2, 0.25) is 0 Å². The minimum atomic E-state index is -0.0839. The van der Waals surface area contributed by atoms with Crippen molar-refractivity contribution in [1.29, 1.82) is 0 Å². The number of nitrogens with one attached hydrogen (secondary N) is 1. The van der Waals surface area contributed by atoms with Gasteiger partial charge in [-0.05, 0) is 25.7 Å². The summed E-state index contributed by atoms with van der Waals surface area (Å²) in [4.78, 5) is 12.0. The van der Waals surface area contributed by atoms with Gasteiger partial charge in [-0.1, -0.05) is 27.7 Å². The quantitative estimate of drug-likeness (QED) is 0.709. The highest BCUT2D eigenvalue weighted by Gasteiger charge is 2.27. The number of carbonyl (C=O) groups excluding carboxylic acids is 1. The maximum Gasteiger partial charge on any atom is 0.225 e. The lowest BCUT2D eigenvalue weighted by Crippen LogP contribution is -2.49. The van der Waals surface area contributed by atoms with Crippen molar-refractivity contribution in [2.45, 2.75) is 53.0 Å². The Morgan fingerprint density at radius 2 is 1.80 bits per heavy atom. The van der Waals surface area contributed by atoms with E-state index in [0.29, 0.717) is 12.5 Å². The molecule has 3 heteroatoms. The Morgan fingerprint density at radius 3 is 2.07 bits per heavy atom. The lowest BCUT2D eigenvalue weighted by atomic mass is 9.91. The SMILES string of the molecule is CCC(C)(CC)NC(=O)C(CN)C(C)C. The Balaban J connectivity index is 4.45. The molecule has 3 nitrogen and oxygen atoms in total. The van der Waals surface area contributed by atoms with E-state index in [1.54, 1.807) is 0 Å². The highest BCUT2D eigenvalue weighted by molar-refractivity contribution is 5.79. The van der Waals surface area contributed by atoms with E-state index in [1.165, 1.54) is 0 Å². The summed E-state index contributed by atoms with van der Waals surface area (Å²) in [6, 6.07) is 0. The molecule has 0 saturated heterocycles. The number of hydrogen-bond acceptors (Lipinski definition) is 2. The average molecular weight is 214 g/mol. The monoisotopic (exact) mass is 214 g/mol. The van der Waals surface area contributed by atoms with Crippen molar-refractivity contribution in [3.05, 3.63) is 0 Å². The molecular weight excluding hydrogens is 188 g/mol. The number of amides is 1. The van der Waals surface area contributed by atoms with Crippen molar-refractivity contribution in [2.24, 2.45) is 17.6 Å². The van der Waals surface area contributed by atoms with E-state index in [1.807, 2.05) is 13.8 Å².